The van der Waals surface area contributed by atoms with Gasteiger partial charge in [0.2, 0.25) is 0 Å². The van der Waals surface area contributed by atoms with Gasteiger partial charge >= 0.3 is 0 Å². The molecule has 17 heavy (non-hydrogen) atoms. The highest BCUT2D eigenvalue weighted by atomic mass is 32.1. The van der Waals surface area contributed by atoms with Crippen molar-refractivity contribution in [2.75, 3.05) is 0 Å². The molecular formula is C11H14N4OS. The standard InChI is InChI=1S/C11H14N4OS/c1-7(2)10-11(17-14-13-10)9(16)4-8-5-12-15(3)6-8/h5-7H,4H2,1-3H3. The number of carbonyl (C=O) groups excluding carboxylic acids is 1. The number of aromatic nitrogens is 4. The molecule has 0 fully saturated rings. The van der Waals surface area contributed by atoms with E-state index in [1.165, 1.54) is 11.5 Å². The zero-order chi connectivity index (χ0) is 12.4. The van der Waals surface area contributed by atoms with Crippen LogP contribution in [-0.2, 0) is 13.5 Å². The Hall–Kier alpha value is -1.56. The Morgan fingerprint density at radius 2 is 2.29 bits per heavy atom. The maximum atomic E-state index is 12.1. The highest BCUT2D eigenvalue weighted by Gasteiger charge is 2.19. The van der Waals surface area contributed by atoms with Crippen molar-refractivity contribution < 1.29 is 4.79 Å². The van der Waals surface area contributed by atoms with E-state index < -0.39 is 0 Å². The normalized spacial score (nSPS) is 11.1. The van der Waals surface area contributed by atoms with Crippen LogP contribution in [-0.4, -0.2) is 25.2 Å². The molecule has 2 aromatic heterocycles. The van der Waals surface area contributed by atoms with Gasteiger partial charge in [-0.05, 0) is 23.0 Å². The van der Waals surface area contributed by atoms with Crippen LogP contribution in [0.3, 0.4) is 0 Å². The first-order valence-electron chi connectivity index (χ1n) is 5.41. The van der Waals surface area contributed by atoms with Gasteiger partial charge in [-0.15, -0.1) is 5.10 Å². The van der Waals surface area contributed by atoms with E-state index in [0.717, 1.165) is 11.3 Å². The van der Waals surface area contributed by atoms with E-state index >= 15 is 0 Å². The van der Waals surface area contributed by atoms with Crippen LogP contribution >= 0.6 is 11.5 Å². The smallest absolute Gasteiger partial charge is 0.180 e. The quantitative estimate of drug-likeness (QED) is 0.777. The predicted molar refractivity (Wildman–Crippen MR) is 65.2 cm³/mol. The number of Topliss-reactive ketones (excluding diaryl/α,β-unsaturated/α-hetero) is 1. The van der Waals surface area contributed by atoms with Crippen LogP contribution < -0.4 is 0 Å². The number of rotatable bonds is 4. The van der Waals surface area contributed by atoms with E-state index in [4.69, 9.17) is 0 Å². The monoisotopic (exact) mass is 250 g/mol. The van der Waals surface area contributed by atoms with Gasteiger partial charge in [0, 0.05) is 19.7 Å². The van der Waals surface area contributed by atoms with Gasteiger partial charge in [0.1, 0.15) is 4.88 Å². The average Bonchev–Trinajstić information content (AvgIpc) is 2.86. The summed E-state index contributed by atoms with van der Waals surface area (Å²) in [6.07, 6.45) is 3.92. The topological polar surface area (TPSA) is 60.7 Å². The van der Waals surface area contributed by atoms with Crippen molar-refractivity contribution in [3.05, 3.63) is 28.5 Å². The summed E-state index contributed by atoms with van der Waals surface area (Å²) >= 11 is 1.17. The van der Waals surface area contributed by atoms with Crippen molar-refractivity contribution in [1.29, 1.82) is 0 Å². The Bertz CT molecular complexity index is 529. The molecule has 0 saturated carbocycles. The molecule has 0 saturated heterocycles. The fourth-order valence-electron chi connectivity index (χ4n) is 1.60. The molecule has 0 radical (unpaired) electrons. The molecule has 2 aromatic rings. The van der Waals surface area contributed by atoms with Gasteiger partial charge in [-0.3, -0.25) is 9.48 Å². The van der Waals surface area contributed by atoms with Crippen molar-refractivity contribution in [2.45, 2.75) is 26.2 Å². The number of carbonyl (C=O) groups is 1. The van der Waals surface area contributed by atoms with Gasteiger partial charge in [-0.1, -0.05) is 18.3 Å². The first-order valence-corrected chi connectivity index (χ1v) is 6.18. The van der Waals surface area contributed by atoms with E-state index in [1.54, 1.807) is 10.9 Å². The van der Waals surface area contributed by atoms with E-state index in [2.05, 4.69) is 14.7 Å². The molecule has 0 N–H and O–H groups in total. The second kappa shape index (κ2) is 4.75. The fraction of sp³-hybridized carbons (Fsp3) is 0.455. The summed E-state index contributed by atoms with van der Waals surface area (Å²) in [6, 6.07) is 0. The van der Waals surface area contributed by atoms with Gasteiger partial charge < -0.3 is 0 Å². The highest BCUT2D eigenvalue weighted by molar-refractivity contribution is 7.08. The summed E-state index contributed by atoms with van der Waals surface area (Å²) in [7, 11) is 1.84. The van der Waals surface area contributed by atoms with Crippen molar-refractivity contribution in [2.24, 2.45) is 7.05 Å². The lowest BCUT2D eigenvalue weighted by atomic mass is 10.1. The molecular weight excluding hydrogens is 236 g/mol. The Kier molecular flexibility index (Phi) is 3.33. The summed E-state index contributed by atoms with van der Waals surface area (Å²) in [5.41, 5.74) is 1.71. The molecule has 0 aliphatic rings. The zero-order valence-corrected chi connectivity index (χ0v) is 10.9. The summed E-state index contributed by atoms with van der Waals surface area (Å²) in [5, 5.41) is 8.06. The lowest BCUT2D eigenvalue weighted by molar-refractivity contribution is 0.0995. The van der Waals surface area contributed by atoms with Gasteiger partial charge in [-0.2, -0.15) is 5.10 Å². The summed E-state index contributed by atoms with van der Waals surface area (Å²) in [5.74, 6) is 0.290. The van der Waals surface area contributed by atoms with Gasteiger partial charge in [0.15, 0.2) is 5.78 Å². The van der Waals surface area contributed by atoms with Crippen molar-refractivity contribution in [1.82, 2.24) is 19.4 Å². The lowest BCUT2D eigenvalue weighted by Gasteiger charge is -2.02. The highest BCUT2D eigenvalue weighted by Crippen LogP contribution is 2.21. The molecule has 6 heteroatoms. The average molecular weight is 250 g/mol. The van der Waals surface area contributed by atoms with Crippen molar-refractivity contribution >= 4 is 17.3 Å². The minimum atomic E-state index is 0.0664. The maximum Gasteiger partial charge on any atom is 0.180 e. The summed E-state index contributed by atoms with van der Waals surface area (Å²) in [6.45, 7) is 4.02. The molecule has 5 nitrogen and oxygen atoms in total. The van der Waals surface area contributed by atoms with Crippen LogP contribution in [0.4, 0.5) is 0 Å². The predicted octanol–water partition coefficient (Wildman–Crippen LogP) is 1.82. The first kappa shape index (κ1) is 11.9. The van der Waals surface area contributed by atoms with Gasteiger partial charge in [0.05, 0.1) is 11.9 Å². The van der Waals surface area contributed by atoms with E-state index in [-0.39, 0.29) is 11.7 Å². The second-order valence-corrected chi connectivity index (χ2v) is 5.02. The molecule has 0 bridgehead atoms. The maximum absolute atomic E-state index is 12.1. The van der Waals surface area contributed by atoms with E-state index in [9.17, 15) is 4.79 Å². The van der Waals surface area contributed by atoms with E-state index in [0.29, 0.717) is 11.3 Å². The number of aryl methyl sites for hydroxylation is 1. The lowest BCUT2D eigenvalue weighted by Crippen LogP contribution is -2.05. The third-order valence-electron chi connectivity index (χ3n) is 2.44. The van der Waals surface area contributed by atoms with Crippen molar-refractivity contribution in [3.63, 3.8) is 0 Å². The number of hydrogen-bond acceptors (Lipinski definition) is 5. The molecule has 2 heterocycles. The fourth-order valence-corrected chi connectivity index (χ4v) is 2.35. The molecule has 0 spiro atoms. The van der Waals surface area contributed by atoms with Crippen LogP contribution in [0.2, 0.25) is 0 Å². The van der Waals surface area contributed by atoms with Crippen LogP contribution in [0, 0.1) is 0 Å². The minimum Gasteiger partial charge on any atom is -0.293 e. The third kappa shape index (κ3) is 2.58. The van der Waals surface area contributed by atoms with Crippen LogP contribution in [0.5, 0.6) is 0 Å². The van der Waals surface area contributed by atoms with Gasteiger partial charge in [0.25, 0.3) is 0 Å². The number of nitrogens with zero attached hydrogens (tertiary/aromatic N) is 4. The van der Waals surface area contributed by atoms with Crippen LogP contribution in [0.25, 0.3) is 0 Å². The zero-order valence-electron chi connectivity index (χ0n) is 10.0. The SMILES string of the molecule is CC(C)c1nnsc1C(=O)Cc1cnn(C)c1. The number of ketones is 1. The summed E-state index contributed by atoms with van der Waals surface area (Å²) < 4.78 is 5.55. The summed E-state index contributed by atoms with van der Waals surface area (Å²) in [4.78, 5) is 12.8. The molecule has 0 aromatic carbocycles. The Morgan fingerprint density at radius 1 is 1.53 bits per heavy atom. The van der Waals surface area contributed by atoms with Gasteiger partial charge in [-0.25, -0.2) is 0 Å². The minimum absolute atomic E-state index is 0.0664. The molecule has 0 unspecified atom stereocenters. The second-order valence-electron chi connectivity index (χ2n) is 4.26. The molecule has 0 aliphatic carbocycles. The molecule has 0 aliphatic heterocycles. The van der Waals surface area contributed by atoms with Crippen LogP contribution in [0.15, 0.2) is 12.4 Å². The molecule has 90 valence electrons. The Morgan fingerprint density at radius 3 is 2.88 bits per heavy atom. The Balaban J connectivity index is 2.17. The van der Waals surface area contributed by atoms with Crippen LogP contribution in [0.1, 0.15) is 40.7 Å². The van der Waals surface area contributed by atoms with E-state index in [1.807, 2.05) is 27.1 Å². The molecule has 2 rings (SSSR count). The molecule has 0 amide bonds. The number of hydrogen-bond donors (Lipinski definition) is 0. The van der Waals surface area contributed by atoms with Crippen molar-refractivity contribution in [3.8, 4) is 0 Å². The third-order valence-corrected chi connectivity index (χ3v) is 3.22. The largest absolute Gasteiger partial charge is 0.293 e. The molecule has 0 atom stereocenters. The first-order chi connectivity index (χ1) is 8.08. The Labute approximate surface area is 104 Å².